The lowest BCUT2D eigenvalue weighted by Gasteiger charge is -2.29. The molecule has 2 atom stereocenters. The molecular formula is C20H25N5O3. The van der Waals surface area contributed by atoms with Crippen molar-refractivity contribution in [3.8, 4) is 18.4 Å². The van der Waals surface area contributed by atoms with Crippen molar-refractivity contribution in [2.75, 3.05) is 25.5 Å². The minimum absolute atomic E-state index is 0.0831. The number of likely N-dealkylation sites (tertiary alicyclic amines) is 1. The summed E-state index contributed by atoms with van der Waals surface area (Å²) in [6, 6.07) is 4.68. The van der Waals surface area contributed by atoms with Crippen molar-refractivity contribution in [2.24, 2.45) is 0 Å². The van der Waals surface area contributed by atoms with E-state index in [1.54, 1.807) is 12.1 Å². The van der Waals surface area contributed by atoms with Gasteiger partial charge in [0.1, 0.15) is 11.9 Å². The molecule has 1 amide bonds. The number of carbonyl (C=O) groups excluding carboxylic acids is 2. The standard InChI is InChI=1S/C20H25N5O3/c1-5-15-7-8-16(10-21)25(15)18(26)12-24-20(2,3)13-23-17-9-6-14(11-22-17)19(27)28-4/h1,6,9,11,15-16,24H,7-8,12-13H2,2-4H3,(H,22,23)/t15-,16+/m1/s1. The first-order valence-electron chi connectivity index (χ1n) is 9.01. The summed E-state index contributed by atoms with van der Waals surface area (Å²) >= 11 is 0. The van der Waals surface area contributed by atoms with Crippen molar-refractivity contribution in [2.45, 2.75) is 44.3 Å². The van der Waals surface area contributed by atoms with Crippen LogP contribution in [0.5, 0.6) is 0 Å². The highest BCUT2D eigenvalue weighted by molar-refractivity contribution is 5.89. The van der Waals surface area contributed by atoms with Crippen molar-refractivity contribution in [1.82, 2.24) is 15.2 Å². The molecule has 0 spiro atoms. The molecule has 28 heavy (non-hydrogen) atoms. The van der Waals surface area contributed by atoms with Crippen molar-refractivity contribution in [1.29, 1.82) is 5.26 Å². The molecule has 8 heteroatoms. The van der Waals surface area contributed by atoms with E-state index < -0.39 is 17.6 Å². The summed E-state index contributed by atoms with van der Waals surface area (Å²) in [7, 11) is 1.32. The summed E-state index contributed by atoms with van der Waals surface area (Å²) in [5, 5.41) is 15.6. The van der Waals surface area contributed by atoms with Gasteiger partial charge in [0.05, 0.1) is 31.3 Å². The van der Waals surface area contributed by atoms with Crippen molar-refractivity contribution < 1.29 is 14.3 Å². The summed E-state index contributed by atoms with van der Waals surface area (Å²) in [5.74, 6) is 2.57. The van der Waals surface area contributed by atoms with Crippen LogP contribution in [0.15, 0.2) is 18.3 Å². The van der Waals surface area contributed by atoms with Gasteiger partial charge >= 0.3 is 5.97 Å². The minimum atomic E-state index is -0.464. The van der Waals surface area contributed by atoms with E-state index in [1.807, 2.05) is 13.8 Å². The fourth-order valence-electron chi connectivity index (χ4n) is 2.97. The van der Waals surface area contributed by atoms with E-state index in [0.717, 1.165) is 0 Å². The predicted molar refractivity (Wildman–Crippen MR) is 104 cm³/mol. The van der Waals surface area contributed by atoms with Crippen LogP contribution in [0.25, 0.3) is 0 Å². The van der Waals surface area contributed by atoms with E-state index in [1.165, 1.54) is 18.2 Å². The van der Waals surface area contributed by atoms with Gasteiger partial charge in [-0.1, -0.05) is 5.92 Å². The Morgan fingerprint density at radius 2 is 2.11 bits per heavy atom. The molecule has 0 aromatic carbocycles. The average Bonchev–Trinajstić information content (AvgIpc) is 3.13. The first-order valence-corrected chi connectivity index (χ1v) is 9.01. The molecule has 0 unspecified atom stereocenters. The SMILES string of the molecule is C#C[C@@H]1CC[C@@H](C#N)N1C(=O)CNC(C)(C)CNc1ccc(C(=O)OC)cn1. The highest BCUT2D eigenvalue weighted by Gasteiger charge is 2.36. The zero-order valence-corrected chi connectivity index (χ0v) is 16.4. The molecule has 1 aromatic rings. The van der Waals surface area contributed by atoms with E-state index in [0.29, 0.717) is 30.8 Å². The number of aromatic nitrogens is 1. The molecule has 0 aliphatic carbocycles. The number of hydrogen-bond donors (Lipinski definition) is 2. The second-order valence-corrected chi connectivity index (χ2v) is 7.22. The maximum absolute atomic E-state index is 12.6. The fourth-order valence-corrected chi connectivity index (χ4v) is 2.97. The third-order valence-electron chi connectivity index (χ3n) is 4.63. The Morgan fingerprint density at radius 1 is 1.39 bits per heavy atom. The molecule has 2 rings (SSSR count). The molecular weight excluding hydrogens is 358 g/mol. The number of terminal acetylenes is 1. The quantitative estimate of drug-likeness (QED) is 0.537. The van der Waals surface area contributed by atoms with E-state index in [4.69, 9.17) is 6.42 Å². The number of carbonyl (C=O) groups is 2. The number of amides is 1. The van der Waals surface area contributed by atoms with E-state index in [-0.39, 0.29) is 18.5 Å². The van der Waals surface area contributed by atoms with Gasteiger partial charge in [0, 0.05) is 18.3 Å². The van der Waals surface area contributed by atoms with Crippen LogP contribution in [0.3, 0.4) is 0 Å². The maximum atomic E-state index is 12.6. The zero-order chi connectivity index (χ0) is 20.7. The summed E-state index contributed by atoms with van der Waals surface area (Å²) in [6.07, 6.45) is 8.19. The molecule has 8 nitrogen and oxygen atoms in total. The monoisotopic (exact) mass is 383 g/mol. The van der Waals surface area contributed by atoms with Gasteiger partial charge in [-0.25, -0.2) is 9.78 Å². The Bertz CT molecular complexity index is 770. The zero-order valence-electron chi connectivity index (χ0n) is 16.4. The van der Waals surface area contributed by atoms with E-state index >= 15 is 0 Å². The summed E-state index contributed by atoms with van der Waals surface area (Å²) in [6.45, 7) is 4.46. The number of ether oxygens (including phenoxy) is 1. The highest BCUT2D eigenvalue weighted by atomic mass is 16.5. The largest absolute Gasteiger partial charge is 0.465 e. The van der Waals surface area contributed by atoms with Crippen LogP contribution in [0.4, 0.5) is 5.82 Å². The molecule has 1 fully saturated rings. The first kappa shape index (κ1) is 21.2. The predicted octanol–water partition coefficient (Wildman–Crippen LogP) is 1.16. The molecule has 2 heterocycles. The van der Waals surface area contributed by atoms with E-state index in [2.05, 4.69) is 32.3 Å². The topological polar surface area (TPSA) is 107 Å². The first-order chi connectivity index (χ1) is 13.3. The number of hydrogen-bond acceptors (Lipinski definition) is 7. The average molecular weight is 383 g/mol. The van der Waals surface area contributed by atoms with Gasteiger partial charge < -0.3 is 20.3 Å². The van der Waals surface area contributed by atoms with Crippen LogP contribution >= 0.6 is 0 Å². The molecule has 1 aliphatic rings. The summed E-state index contributed by atoms with van der Waals surface area (Å²) in [5.41, 5.74) is -0.0527. The van der Waals surface area contributed by atoms with Crippen LogP contribution < -0.4 is 10.6 Å². The van der Waals surface area contributed by atoms with E-state index in [9.17, 15) is 14.9 Å². The number of methoxy groups -OCH3 is 1. The van der Waals surface area contributed by atoms with Gasteiger partial charge in [-0.15, -0.1) is 6.42 Å². The lowest BCUT2D eigenvalue weighted by atomic mass is 10.1. The molecule has 0 radical (unpaired) electrons. The third-order valence-corrected chi connectivity index (χ3v) is 4.63. The Kier molecular flexibility index (Phi) is 6.97. The van der Waals surface area contributed by atoms with Gasteiger partial charge in [0.25, 0.3) is 0 Å². The lowest BCUT2D eigenvalue weighted by Crippen LogP contribution is -2.52. The van der Waals surface area contributed by atoms with Gasteiger partial charge in [-0.05, 0) is 38.8 Å². The number of esters is 1. The Labute approximate surface area is 165 Å². The number of nitriles is 1. The molecule has 1 aliphatic heterocycles. The molecule has 0 saturated carbocycles. The number of nitrogens with one attached hydrogen (secondary N) is 2. The second-order valence-electron chi connectivity index (χ2n) is 7.22. The van der Waals surface area contributed by atoms with Crippen LogP contribution in [-0.2, 0) is 9.53 Å². The number of nitrogens with zero attached hydrogens (tertiary/aromatic N) is 3. The second kappa shape index (κ2) is 9.20. The minimum Gasteiger partial charge on any atom is -0.465 e. The fraction of sp³-hybridized carbons (Fsp3) is 0.500. The lowest BCUT2D eigenvalue weighted by molar-refractivity contribution is -0.131. The highest BCUT2D eigenvalue weighted by Crippen LogP contribution is 2.23. The maximum Gasteiger partial charge on any atom is 0.339 e. The Morgan fingerprint density at radius 3 is 2.68 bits per heavy atom. The van der Waals surface area contributed by atoms with Crippen molar-refractivity contribution in [3.63, 3.8) is 0 Å². The Hall–Kier alpha value is -3.10. The van der Waals surface area contributed by atoms with Gasteiger partial charge in [0.15, 0.2) is 0 Å². The third kappa shape index (κ3) is 5.21. The van der Waals surface area contributed by atoms with Gasteiger partial charge in [-0.3, -0.25) is 4.79 Å². The van der Waals surface area contributed by atoms with Crippen molar-refractivity contribution in [3.05, 3.63) is 23.9 Å². The van der Waals surface area contributed by atoms with Crippen LogP contribution in [-0.4, -0.2) is 59.6 Å². The normalized spacial score (nSPS) is 18.8. The number of anilines is 1. The van der Waals surface area contributed by atoms with Gasteiger partial charge in [0.2, 0.25) is 5.91 Å². The van der Waals surface area contributed by atoms with Crippen LogP contribution in [0.2, 0.25) is 0 Å². The smallest absolute Gasteiger partial charge is 0.339 e. The Balaban J connectivity index is 1.88. The summed E-state index contributed by atoms with van der Waals surface area (Å²) < 4.78 is 4.64. The number of pyridine rings is 1. The van der Waals surface area contributed by atoms with Crippen LogP contribution in [0.1, 0.15) is 37.0 Å². The molecule has 0 bridgehead atoms. The van der Waals surface area contributed by atoms with Crippen molar-refractivity contribution >= 4 is 17.7 Å². The molecule has 1 saturated heterocycles. The molecule has 2 N–H and O–H groups in total. The number of rotatable bonds is 7. The summed E-state index contributed by atoms with van der Waals surface area (Å²) in [4.78, 5) is 29.7. The molecule has 148 valence electrons. The van der Waals surface area contributed by atoms with Crippen LogP contribution in [0, 0.1) is 23.7 Å². The molecule has 1 aromatic heterocycles. The van der Waals surface area contributed by atoms with Gasteiger partial charge in [-0.2, -0.15) is 5.26 Å².